The first kappa shape index (κ1) is 19.8. The Hall–Kier alpha value is -2.50. The predicted octanol–water partition coefficient (Wildman–Crippen LogP) is 5.48. The summed E-state index contributed by atoms with van der Waals surface area (Å²) < 4.78 is 0. The molecular weight excluding hydrogens is 535 g/mol. The molecule has 3 aromatic carbocycles. The molecule has 3 aromatic rings. The molecule has 4 nitrogen and oxygen atoms in total. The SMILES string of the molecule is [CH2-]Cc1c(N2[CH-]N(C)c3ccccc32)cccc1N1[CH-]N(C)c2ccccc21.[Os]. The maximum atomic E-state index is 4.26. The number of para-hydroxylation sites is 4. The van der Waals surface area contributed by atoms with Gasteiger partial charge in [0.05, 0.1) is 0 Å². The average Bonchev–Trinajstić information content (AvgIpc) is 3.25. The minimum atomic E-state index is 0. The Labute approximate surface area is 186 Å². The van der Waals surface area contributed by atoms with Gasteiger partial charge in [-0.25, -0.2) is 0 Å². The van der Waals surface area contributed by atoms with E-state index in [9.17, 15) is 0 Å². The van der Waals surface area contributed by atoms with Gasteiger partial charge in [0.1, 0.15) is 0 Å². The quantitative estimate of drug-likeness (QED) is 0.396. The van der Waals surface area contributed by atoms with Crippen molar-refractivity contribution in [1.82, 2.24) is 0 Å². The molecule has 150 valence electrons. The van der Waals surface area contributed by atoms with Crippen LogP contribution in [0.1, 0.15) is 5.56 Å². The van der Waals surface area contributed by atoms with E-state index >= 15 is 0 Å². The van der Waals surface area contributed by atoms with Crippen molar-refractivity contribution >= 4 is 34.1 Å². The Morgan fingerprint density at radius 3 is 1.41 bits per heavy atom. The van der Waals surface area contributed by atoms with E-state index in [1.165, 1.54) is 39.7 Å². The standard InChI is InChI=1S/C24H23N4.Os/c1-4-18-19(27-16-25(2)21-10-5-7-12-23(21)27)14-9-15-20(18)28-17-26(3)22-11-6-8-13-24(22)28;/h5-17H,1,4H2,2-3H3;/q-3;. The second-order valence-corrected chi connectivity index (χ2v) is 7.20. The second kappa shape index (κ2) is 7.73. The van der Waals surface area contributed by atoms with Crippen LogP contribution in [-0.4, -0.2) is 14.1 Å². The monoisotopic (exact) mass is 559 g/mol. The number of nitrogens with zero attached hydrogens (tertiary/aromatic N) is 4. The van der Waals surface area contributed by atoms with E-state index in [-0.39, 0.29) is 19.8 Å². The molecule has 29 heavy (non-hydrogen) atoms. The van der Waals surface area contributed by atoms with Gasteiger partial charge < -0.3 is 26.5 Å². The molecule has 0 bridgehead atoms. The molecule has 0 aliphatic carbocycles. The summed E-state index contributed by atoms with van der Waals surface area (Å²) in [6, 6.07) is 23.5. The molecule has 2 aliphatic heterocycles. The summed E-state index contributed by atoms with van der Waals surface area (Å²) >= 11 is 0. The number of rotatable bonds is 3. The van der Waals surface area contributed by atoms with E-state index in [1.807, 2.05) is 0 Å². The summed E-state index contributed by atoms with van der Waals surface area (Å²) in [6.45, 7) is 8.56. The third kappa shape index (κ3) is 3.09. The van der Waals surface area contributed by atoms with Crippen LogP contribution < -0.4 is 19.6 Å². The van der Waals surface area contributed by atoms with Crippen LogP contribution >= 0.6 is 0 Å². The van der Waals surface area contributed by atoms with Gasteiger partial charge >= 0.3 is 0 Å². The second-order valence-electron chi connectivity index (χ2n) is 7.20. The summed E-state index contributed by atoms with van der Waals surface area (Å²) in [5, 5.41) is 0. The molecule has 0 saturated carbocycles. The first-order valence-corrected chi connectivity index (χ1v) is 9.52. The van der Waals surface area contributed by atoms with Crippen molar-refractivity contribution in [3.8, 4) is 0 Å². The van der Waals surface area contributed by atoms with Crippen molar-refractivity contribution in [3.05, 3.63) is 92.6 Å². The van der Waals surface area contributed by atoms with Crippen molar-refractivity contribution in [2.45, 2.75) is 6.42 Å². The van der Waals surface area contributed by atoms with E-state index < -0.39 is 0 Å². The van der Waals surface area contributed by atoms with Gasteiger partial charge in [0.15, 0.2) is 0 Å². The molecule has 0 atom stereocenters. The van der Waals surface area contributed by atoms with Crippen molar-refractivity contribution < 1.29 is 19.8 Å². The number of benzene rings is 3. The van der Waals surface area contributed by atoms with E-state index in [2.05, 4.69) is 121 Å². The molecule has 0 fully saturated rings. The third-order valence-corrected chi connectivity index (χ3v) is 5.52. The van der Waals surface area contributed by atoms with Gasteiger partial charge in [-0.1, -0.05) is 30.3 Å². The summed E-state index contributed by atoms with van der Waals surface area (Å²) in [5.74, 6) is 0. The number of hydrogen-bond acceptors (Lipinski definition) is 4. The van der Waals surface area contributed by atoms with Crippen molar-refractivity contribution in [1.29, 1.82) is 0 Å². The van der Waals surface area contributed by atoms with E-state index in [0.717, 1.165) is 0 Å². The molecule has 5 heteroatoms. The zero-order chi connectivity index (χ0) is 19.3. The zero-order valence-electron chi connectivity index (χ0n) is 16.6. The minimum Gasteiger partial charge on any atom is -0.504 e. The molecule has 2 aliphatic rings. The molecule has 0 amide bonds. The van der Waals surface area contributed by atoms with Crippen LogP contribution in [0.5, 0.6) is 0 Å². The van der Waals surface area contributed by atoms with Crippen LogP contribution in [0.2, 0.25) is 0 Å². The largest absolute Gasteiger partial charge is 0.504 e. The van der Waals surface area contributed by atoms with Crippen LogP contribution in [-0.2, 0) is 26.2 Å². The van der Waals surface area contributed by atoms with Crippen LogP contribution in [0, 0.1) is 20.3 Å². The Morgan fingerprint density at radius 1 is 0.621 bits per heavy atom. The van der Waals surface area contributed by atoms with Gasteiger partial charge in [0.25, 0.3) is 0 Å². The summed E-state index contributed by atoms with van der Waals surface area (Å²) in [5.41, 5.74) is 8.38. The number of hydrogen-bond donors (Lipinski definition) is 0. The molecule has 0 radical (unpaired) electrons. The zero-order valence-corrected chi connectivity index (χ0v) is 19.1. The van der Waals surface area contributed by atoms with E-state index in [4.69, 9.17) is 0 Å². The van der Waals surface area contributed by atoms with Crippen LogP contribution in [0.15, 0.2) is 66.7 Å². The van der Waals surface area contributed by atoms with Gasteiger partial charge in [-0.2, -0.15) is 19.8 Å². The van der Waals surface area contributed by atoms with Gasteiger partial charge in [0.2, 0.25) is 0 Å². The van der Waals surface area contributed by atoms with Crippen LogP contribution in [0.4, 0.5) is 34.1 Å². The maximum absolute atomic E-state index is 4.26. The Bertz CT molecular complexity index is 957. The molecule has 0 aromatic heterocycles. The fraction of sp³-hybridized carbons (Fsp3) is 0.125. The number of fused-ring (bicyclic) bond motifs is 2. The predicted molar refractivity (Wildman–Crippen MR) is 118 cm³/mol. The van der Waals surface area contributed by atoms with Gasteiger partial charge in [0, 0.05) is 53.9 Å². The summed E-state index contributed by atoms with van der Waals surface area (Å²) in [4.78, 5) is 8.87. The van der Waals surface area contributed by atoms with Crippen molar-refractivity contribution in [3.63, 3.8) is 0 Å². The van der Waals surface area contributed by atoms with Gasteiger partial charge in [-0.15, -0.1) is 0 Å². The smallest absolute Gasteiger partial charge is 0.0341 e. The topological polar surface area (TPSA) is 13.0 Å². The fourth-order valence-corrected chi connectivity index (χ4v) is 4.18. The average molecular weight is 558 g/mol. The number of anilines is 6. The molecule has 5 rings (SSSR count). The molecular formula is C24H23N4Os-3. The maximum Gasteiger partial charge on any atom is 0.0341 e. The van der Waals surface area contributed by atoms with Crippen LogP contribution in [0.3, 0.4) is 0 Å². The summed E-state index contributed by atoms with van der Waals surface area (Å²) in [6.07, 6.45) is 0.706. The Kier molecular flexibility index (Phi) is 5.28. The molecule has 2 heterocycles. The molecule has 0 saturated heterocycles. The van der Waals surface area contributed by atoms with Gasteiger partial charge in [-0.05, 0) is 56.1 Å². The Morgan fingerprint density at radius 2 is 1.00 bits per heavy atom. The third-order valence-electron chi connectivity index (χ3n) is 5.52. The minimum absolute atomic E-state index is 0. The molecule has 0 spiro atoms. The summed E-state index contributed by atoms with van der Waals surface area (Å²) in [7, 11) is 4.18. The Balaban J connectivity index is 0.00000205. The first-order chi connectivity index (χ1) is 13.7. The normalized spacial score (nSPS) is 14.7. The van der Waals surface area contributed by atoms with Gasteiger partial charge in [-0.3, -0.25) is 0 Å². The van der Waals surface area contributed by atoms with Crippen LogP contribution in [0.25, 0.3) is 0 Å². The first-order valence-electron chi connectivity index (χ1n) is 9.52. The van der Waals surface area contributed by atoms with E-state index in [1.54, 1.807) is 0 Å². The van der Waals surface area contributed by atoms with E-state index in [0.29, 0.717) is 6.42 Å². The van der Waals surface area contributed by atoms with Crippen molar-refractivity contribution in [2.24, 2.45) is 0 Å². The molecule has 0 N–H and O–H groups in total. The molecule has 0 unspecified atom stereocenters. The van der Waals surface area contributed by atoms with Crippen molar-refractivity contribution in [2.75, 3.05) is 33.7 Å². The fourth-order valence-electron chi connectivity index (χ4n) is 4.18.